The minimum atomic E-state index is -4.42. The molecule has 11 heteroatoms. The van der Waals surface area contributed by atoms with E-state index in [1.165, 1.54) is 21.3 Å². The molecule has 0 atom stereocenters. The lowest BCUT2D eigenvalue weighted by Crippen LogP contribution is -2.36. The molecule has 0 unspecified atom stereocenters. The number of alkyl halides is 3. The molecule has 0 radical (unpaired) electrons. The molecule has 1 aliphatic rings. The van der Waals surface area contributed by atoms with Crippen LogP contribution in [-0.4, -0.2) is 45.7 Å². The van der Waals surface area contributed by atoms with Gasteiger partial charge in [-0.25, -0.2) is 9.48 Å². The SMILES string of the molecule is O=c1n(Cc2ccc(C(F)(F)F)cc2)nc2c(-c3ccc(Cl)cc3)c(N3CCOCC3)cnn12. The second-order valence-electron chi connectivity index (χ2n) is 7.88. The van der Waals surface area contributed by atoms with E-state index in [1.54, 1.807) is 18.3 Å². The van der Waals surface area contributed by atoms with E-state index >= 15 is 0 Å². The summed E-state index contributed by atoms with van der Waals surface area (Å²) >= 11 is 6.08. The minimum Gasteiger partial charge on any atom is -0.378 e. The van der Waals surface area contributed by atoms with Crippen LogP contribution in [0, 0.1) is 0 Å². The summed E-state index contributed by atoms with van der Waals surface area (Å²) in [5, 5.41) is 9.43. The van der Waals surface area contributed by atoms with Crippen molar-refractivity contribution >= 4 is 22.9 Å². The highest BCUT2D eigenvalue weighted by Crippen LogP contribution is 2.34. The first kappa shape index (κ1) is 22.4. The van der Waals surface area contributed by atoms with Crippen molar-refractivity contribution in [2.24, 2.45) is 0 Å². The van der Waals surface area contributed by atoms with Crippen LogP contribution in [0.4, 0.5) is 18.9 Å². The maximum atomic E-state index is 13.1. The van der Waals surface area contributed by atoms with Crippen molar-refractivity contribution in [3.8, 4) is 11.1 Å². The predicted octanol–water partition coefficient (Wildman–Crippen LogP) is 4.12. The molecule has 0 amide bonds. The third kappa shape index (κ3) is 4.26. The molecule has 34 heavy (non-hydrogen) atoms. The smallest absolute Gasteiger partial charge is 0.378 e. The van der Waals surface area contributed by atoms with Crippen molar-refractivity contribution in [2.45, 2.75) is 12.7 Å². The lowest BCUT2D eigenvalue weighted by atomic mass is 10.1. The highest BCUT2D eigenvalue weighted by atomic mass is 35.5. The average Bonchev–Trinajstić information content (AvgIpc) is 3.14. The number of halogens is 4. The summed E-state index contributed by atoms with van der Waals surface area (Å²) in [6.07, 6.45) is -2.79. The second kappa shape index (κ2) is 8.77. The number of benzene rings is 2. The predicted molar refractivity (Wildman–Crippen MR) is 121 cm³/mol. The number of anilines is 1. The van der Waals surface area contributed by atoms with Gasteiger partial charge >= 0.3 is 11.9 Å². The first-order valence-corrected chi connectivity index (χ1v) is 10.9. The molecular formula is C23H19ClF3N5O2. The van der Waals surface area contributed by atoms with Crippen molar-refractivity contribution < 1.29 is 17.9 Å². The monoisotopic (exact) mass is 489 g/mol. The Morgan fingerprint density at radius 1 is 1.00 bits per heavy atom. The number of hydrogen-bond donors (Lipinski definition) is 0. The van der Waals surface area contributed by atoms with Gasteiger partial charge in [-0.15, -0.1) is 5.10 Å². The van der Waals surface area contributed by atoms with E-state index in [-0.39, 0.29) is 6.54 Å². The van der Waals surface area contributed by atoms with Gasteiger partial charge in [-0.3, -0.25) is 0 Å². The van der Waals surface area contributed by atoms with Gasteiger partial charge in [0, 0.05) is 18.1 Å². The van der Waals surface area contributed by atoms with E-state index in [0.717, 1.165) is 28.9 Å². The lowest BCUT2D eigenvalue weighted by Gasteiger charge is -2.30. The number of aromatic nitrogens is 4. The molecule has 3 heterocycles. The standard InChI is InChI=1S/C23H19ClF3N5O2/c24-18-7-3-16(4-8-18)20-19(30-9-11-34-12-10-30)13-28-32-21(20)29-31(22(32)33)14-15-1-5-17(6-2-15)23(25,26)27/h1-8,13H,9-12,14H2. The second-order valence-corrected chi connectivity index (χ2v) is 8.32. The lowest BCUT2D eigenvalue weighted by molar-refractivity contribution is -0.137. The van der Waals surface area contributed by atoms with E-state index < -0.39 is 17.4 Å². The molecule has 176 valence electrons. The molecule has 7 nitrogen and oxygen atoms in total. The van der Waals surface area contributed by atoms with Crippen LogP contribution in [0.3, 0.4) is 0 Å². The number of hydrogen-bond acceptors (Lipinski definition) is 5. The Bertz CT molecular complexity index is 1380. The summed E-state index contributed by atoms with van der Waals surface area (Å²) in [7, 11) is 0. The van der Waals surface area contributed by atoms with E-state index in [4.69, 9.17) is 16.3 Å². The van der Waals surface area contributed by atoms with Crippen LogP contribution in [-0.2, 0) is 17.5 Å². The largest absolute Gasteiger partial charge is 0.416 e. The summed E-state index contributed by atoms with van der Waals surface area (Å²) in [6, 6.07) is 11.9. The van der Waals surface area contributed by atoms with Gasteiger partial charge in [0.1, 0.15) is 0 Å². The van der Waals surface area contributed by atoms with Gasteiger partial charge in [-0.05, 0) is 35.4 Å². The molecule has 1 saturated heterocycles. The van der Waals surface area contributed by atoms with Gasteiger partial charge in [0.2, 0.25) is 0 Å². The average molecular weight is 490 g/mol. The molecular weight excluding hydrogens is 471 g/mol. The number of morpholine rings is 1. The Kier molecular flexibility index (Phi) is 5.78. The van der Waals surface area contributed by atoms with Gasteiger partial charge in [0.05, 0.1) is 42.8 Å². The van der Waals surface area contributed by atoms with E-state index in [2.05, 4.69) is 15.1 Å². The van der Waals surface area contributed by atoms with Crippen LogP contribution >= 0.6 is 11.6 Å². The van der Waals surface area contributed by atoms with Crippen LogP contribution in [0.15, 0.2) is 59.5 Å². The highest BCUT2D eigenvalue weighted by Gasteiger charge is 2.30. The number of fused-ring (bicyclic) bond motifs is 1. The zero-order valence-corrected chi connectivity index (χ0v) is 18.6. The fourth-order valence-electron chi connectivity index (χ4n) is 3.96. The van der Waals surface area contributed by atoms with Crippen LogP contribution < -0.4 is 10.6 Å². The summed E-state index contributed by atoms with van der Waals surface area (Å²) in [5.74, 6) is 0. The summed E-state index contributed by atoms with van der Waals surface area (Å²) in [6.45, 7) is 2.47. The van der Waals surface area contributed by atoms with Gasteiger partial charge in [0.25, 0.3) is 0 Å². The normalized spacial score (nSPS) is 14.6. The molecule has 5 rings (SSSR count). The Balaban J connectivity index is 1.60. The quantitative estimate of drug-likeness (QED) is 0.431. The van der Waals surface area contributed by atoms with Crippen molar-refractivity contribution in [3.63, 3.8) is 0 Å². The van der Waals surface area contributed by atoms with Crippen molar-refractivity contribution in [3.05, 3.63) is 81.4 Å². The Morgan fingerprint density at radius 2 is 1.68 bits per heavy atom. The molecule has 2 aromatic carbocycles. The van der Waals surface area contributed by atoms with Crippen LogP contribution in [0.1, 0.15) is 11.1 Å². The summed E-state index contributed by atoms with van der Waals surface area (Å²) in [4.78, 5) is 15.2. The van der Waals surface area contributed by atoms with Crippen molar-refractivity contribution in [1.82, 2.24) is 19.4 Å². The molecule has 0 spiro atoms. The topological polar surface area (TPSA) is 64.7 Å². The molecule has 0 aliphatic carbocycles. The van der Waals surface area contributed by atoms with Gasteiger partial charge in [-0.1, -0.05) is 35.9 Å². The molecule has 2 aromatic heterocycles. The fraction of sp³-hybridized carbons (Fsp3) is 0.261. The van der Waals surface area contributed by atoms with Crippen LogP contribution in [0.2, 0.25) is 5.02 Å². The third-order valence-corrected chi connectivity index (χ3v) is 5.94. The number of rotatable bonds is 4. The molecule has 0 bridgehead atoms. The van der Waals surface area contributed by atoms with Gasteiger partial charge in [-0.2, -0.15) is 22.8 Å². The zero-order chi connectivity index (χ0) is 23.9. The molecule has 0 saturated carbocycles. The van der Waals surface area contributed by atoms with Crippen molar-refractivity contribution in [1.29, 1.82) is 0 Å². The fourth-order valence-corrected chi connectivity index (χ4v) is 4.09. The Morgan fingerprint density at radius 3 is 2.32 bits per heavy atom. The third-order valence-electron chi connectivity index (χ3n) is 5.69. The van der Waals surface area contributed by atoms with E-state index in [9.17, 15) is 18.0 Å². The van der Waals surface area contributed by atoms with Gasteiger partial charge < -0.3 is 9.64 Å². The summed E-state index contributed by atoms with van der Waals surface area (Å²) in [5.41, 5.74) is 1.97. The summed E-state index contributed by atoms with van der Waals surface area (Å²) < 4.78 is 46.5. The van der Waals surface area contributed by atoms with E-state index in [1.807, 2.05) is 12.1 Å². The molecule has 1 aliphatic heterocycles. The molecule has 4 aromatic rings. The van der Waals surface area contributed by atoms with Gasteiger partial charge in [0.15, 0.2) is 5.65 Å². The number of nitrogens with zero attached hydrogens (tertiary/aromatic N) is 5. The maximum absolute atomic E-state index is 13.1. The Hall–Kier alpha value is -3.37. The maximum Gasteiger partial charge on any atom is 0.416 e. The van der Waals surface area contributed by atoms with Crippen molar-refractivity contribution in [2.75, 3.05) is 31.2 Å². The van der Waals surface area contributed by atoms with Crippen LogP contribution in [0.5, 0.6) is 0 Å². The highest BCUT2D eigenvalue weighted by molar-refractivity contribution is 6.30. The Labute approximate surface area is 196 Å². The zero-order valence-electron chi connectivity index (χ0n) is 17.8. The van der Waals surface area contributed by atoms with E-state index in [0.29, 0.717) is 42.5 Å². The molecule has 1 fully saturated rings. The van der Waals surface area contributed by atoms with Crippen LogP contribution in [0.25, 0.3) is 16.8 Å². The molecule has 0 N–H and O–H groups in total. The number of ether oxygens (including phenoxy) is 1. The minimum absolute atomic E-state index is 0.00722. The first-order chi connectivity index (χ1) is 16.3. The first-order valence-electron chi connectivity index (χ1n) is 10.5.